The zero-order valence-corrected chi connectivity index (χ0v) is 11.9. The Hall–Kier alpha value is -2.37. The van der Waals surface area contributed by atoms with Crippen LogP contribution in [0.3, 0.4) is 0 Å². The molecule has 1 N–H and O–H groups in total. The van der Waals surface area contributed by atoms with Crippen LogP contribution in [0.5, 0.6) is 0 Å². The van der Waals surface area contributed by atoms with Gasteiger partial charge in [0.15, 0.2) is 5.82 Å². The summed E-state index contributed by atoms with van der Waals surface area (Å²) in [4.78, 5) is 24.3. The Balaban J connectivity index is 0.00000176. The fourth-order valence-corrected chi connectivity index (χ4v) is 2.64. The highest BCUT2D eigenvalue weighted by molar-refractivity contribution is 6.06. The van der Waals surface area contributed by atoms with Gasteiger partial charge >= 0.3 is 6.03 Å². The highest BCUT2D eigenvalue weighted by Gasteiger charge is 2.27. The minimum absolute atomic E-state index is 0. The molecule has 1 aliphatic heterocycles. The van der Waals surface area contributed by atoms with E-state index in [4.69, 9.17) is 0 Å². The Bertz CT molecular complexity index is 742. The third kappa shape index (κ3) is 2.16. The summed E-state index contributed by atoms with van der Waals surface area (Å²) in [6.07, 6.45) is 2.01. The van der Waals surface area contributed by atoms with Crippen molar-refractivity contribution in [2.75, 3.05) is 11.4 Å². The summed E-state index contributed by atoms with van der Waals surface area (Å²) in [5.41, 5.74) is 0.994. The second-order valence-corrected chi connectivity index (χ2v) is 5.40. The smallest absolute Gasteiger partial charge is 0.328 e. The first kappa shape index (κ1) is 13.6. The topological polar surface area (TPSA) is 54.3 Å². The van der Waals surface area contributed by atoms with Gasteiger partial charge in [-0.2, -0.15) is 0 Å². The van der Waals surface area contributed by atoms with Gasteiger partial charge < -0.3 is 4.57 Å². The highest BCUT2D eigenvalue weighted by atomic mass is 19.1. The molecule has 0 saturated carbocycles. The molecule has 2 aromatic rings. The van der Waals surface area contributed by atoms with E-state index >= 15 is 0 Å². The van der Waals surface area contributed by atoms with E-state index in [1.54, 1.807) is 18.2 Å². The highest BCUT2D eigenvalue weighted by Crippen LogP contribution is 2.30. The lowest BCUT2D eigenvalue weighted by molar-refractivity contribution is -0.120. The van der Waals surface area contributed by atoms with Crippen LogP contribution in [0.4, 0.5) is 14.9 Å². The summed E-state index contributed by atoms with van der Waals surface area (Å²) in [5.74, 6) is -0.764. The van der Waals surface area contributed by atoms with Crippen LogP contribution in [-0.4, -0.2) is 23.1 Å². The number of urea groups is 1. The Morgan fingerprint density at radius 2 is 2.05 bits per heavy atom. The van der Waals surface area contributed by atoms with Crippen LogP contribution >= 0.6 is 0 Å². The predicted molar refractivity (Wildman–Crippen MR) is 79.9 cm³/mol. The third-order valence-electron chi connectivity index (χ3n) is 3.72. The molecular weight excluding hydrogens is 273 g/mol. The van der Waals surface area contributed by atoms with Crippen LogP contribution in [0, 0.1) is 5.82 Å². The van der Waals surface area contributed by atoms with Crippen LogP contribution in [0.1, 0.15) is 27.7 Å². The van der Waals surface area contributed by atoms with Gasteiger partial charge in [-0.15, -0.1) is 0 Å². The molecule has 1 aromatic heterocycles. The molecule has 3 rings (SSSR count). The van der Waals surface area contributed by atoms with Crippen LogP contribution < -0.4 is 10.2 Å². The molecule has 0 bridgehead atoms. The van der Waals surface area contributed by atoms with Crippen molar-refractivity contribution in [1.82, 2.24) is 9.88 Å². The Labute approximate surface area is 122 Å². The number of nitrogens with one attached hydrogen (secondary N) is 1. The number of aromatic nitrogens is 1. The molecule has 1 aromatic carbocycles. The average molecular weight is 291 g/mol. The lowest BCUT2D eigenvalue weighted by Crippen LogP contribution is -2.49. The van der Waals surface area contributed by atoms with Gasteiger partial charge in [0.25, 0.3) is 0 Å². The number of halogens is 1. The van der Waals surface area contributed by atoms with E-state index in [1.165, 1.54) is 4.90 Å². The largest absolute Gasteiger partial charge is 0.345 e. The molecule has 1 fully saturated rings. The maximum atomic E-state index is 14.7. The first-order valence-corrected chi connectivity index (χ1v) is 6.89. The average Bonchev–Trinajstić information content (AvgIpc) is 2.85. The van der Waals surface area contributed by atoms with Gasteiger partial charge in [0.2, 0.25) is 5.91 Å². The molecule has 6 heteroatoms. The molecule has 5 nitrogen and oxygen atoms in total. The SMILES string of the molecule is CC(C)n1ccc2c(F)c(N3CCC(=O)NC3=O)ccc21.[HH]. The van der Waals surface area contributed by atoms with E-state index in [2.05, 4.69) is 5.32 Å². The molecule has 1 saturated heterocycles. The number of rotatable bonds is 2. The first-order chi connectivity index (χ1) is 9.99. The van der Waals surface area contributed by atoms with E-state index in [-0.39, 0.29) is 32.0 Å². The van der Waals surface area contributed by atoms with Gasteiger partial charge in [-0.1, -0.05) is 0 Å². The van der Waals surface area contributed by atoms with Crippen LogP contribution in [-0.2, 0) is 4.79 Å². The molecule has 0 spiro atoms. The standard InChI is InChI=1S/C15H16FN3O2.H2/c1-9(2)18-7-5-10-11(18)3-4-12(14(10)16)19-8-6-13(20)17-15(19)21;/h3-5,7,9H,6,8H2,1-2H3,(H,17,20,21);1H. The van der Waals surface area contributed by atoms with E-state index in [1.807, 2.05) is 24.6 Å². The molecule has 112 valence electrons. The van der Waals surface area contributed by atoms with Crippen molar-refractivity contribution in [3.8, 4) is 0 Å². The van der Waals surface area contributed by atoms with Gasteiger partial charge in [-0.05, 0) is 32.0 Å². The number of hydrogen-bond donors (Lipinski definition) is 1. The Morgan fingerprint density at radius 1 is 1.29 bits per heavy atom. The fraction of sp³-hybridized carbons (Fsp3) is 0.333. The summed E-state index contributed by atoms with van der Waals surface area (Å²) < 4.78 is 16.7. The number of benzene rings is 1. The minimum atomic E-state index is -0.576. The minimum Gasteiger partial charge on any atom is -0.345 e. The number of fused-ring (bicyclic) bond motifs is 1. The maximum absolute atomic E-state index is 14.7. The summed E-state index contributed by atoms with van der Waals surface area (Å²) in [7, 11) is 0. The van der Waals surface area contributed by atoms with Crippen LogP contribution in [0.2, 0.25) is 0 Å². The van der Waals surface area contributed by atoms with E-state index < -0.39 is 11.8 Å². The zero-order chi connectivity index (χ0) is 15.1. The van der Waals surface area contributed by atoms with Gasteiger partial charge in [-0.3, -0.25) is 15.0 Å². The lowest BCUT2D eigenvalue weighted by atomic mass is 10.2. The number of hydrogen-bond acceptors (Lipinski definition) is 2. The summed E-state index contributed by atoms with van der Waals surface area (Å²) >= 11 is 0. The van der Waals surface area contributed by atoms with Crippen LogP contribution in [0.15, 0.2) is 24.4 Å². The van der Waals surface area contributed by atoms with Crippen molar-refractivity contribution < 1.29 is 15.4 Å². The normalized spacial score (nSPS) is 15.9. The number of amides is 3. The van der Waals surface area contributed by atoms with Crippen molar-refractivity contribution in [3.63, 3.8) is 0 Å². The monoisotopic (exact) mass is 291 g/mol. The van der Waals surface area contributed by atoms with Crippen LogP contribution in [0.25, 0.3) is 10.9 Å². The predicted octanol–water partition coefficient (Wildman–Crippen LogP) is 3.05. The summed E-state index contributed by atoms with van der Waals surface area (Å²) in [6.45, 7) is 4.24. The fourth-order valence-electron chi connectivity index (χ4n) is 2.64. The summed E-state index contributed by atoms with van der Waals surface area (Å²) in [6, 6.07) is 4.75. The van der Waals surface area contributed by atoms with Crippen molar-refractivity contribution >= 4 is 28.5 Å². The second kappa shape index (κ2) is 4.87. The molecule has 21 heavy (non-hydrogen) atoms. The van der Waals surface area contributed by atoms with Gasteiger partial charge in [-0.25, -0.2) is 9.18 Å². The van der Waals surface area contributed by atoms with Crippen molar-refractivity contribution in [2.45, 2.75) is 26.3 Å². The van der Waals surface area contributed by atoms with E-state index in [0.717, 1.165) is 5.52 Å². The molecule has 1 aliphatic rings. The zero-order valence-electron chi connectivity index (χ0n) is 11.9. The quantitative estimate of drug-likeness (QED) is 0.924. The molecule has 0 atom stereocenters. The molecule has 2 heterocycles. The van der Waals surface area contributed by atoms with E-state index in [0.29, 0.717) is 5.39 Å². The molecular formula is C15H18FN3O2. The number of anilines is 1. The van der Waals surface area contributed by atoms with Gasteiger partial charge in [0.05, 0.1) is 11.2 Å². The second-order valence-electron chi connectivity index (χ2n) is 5.40. The van der Waals surface area contributed by atoms with Crippen molar-refractivity contribution in [3.05, 3.63) is 30.2 Å². The first-order valence-electron chi connectivity index (χ1n) is 6.89. The molecule has 0 radical (unpaired) electrons. The lowest BCUT2D eigenvalue weighted by Gasteiger charge is -2.27. The number of carbonyl (C=O) groups is 2. The van der Waals surface area contributed by atoms with E-state index in [9.17, 15) is 14.0 Å². The molecule has 3 amide bonds. The van der Waals surface area contributed by atoms with Crippen molar-refractivity contribution in [2.24, 2.45) is 0 Å². The van der Waals surface area contributed by atoms with Gasteiger partial charge in [0.1, 0.15) is 0 Å². The van der Waals surface area contributed by atoms with Crippen molar-refractivity contribution in [1.29, 1.82) is 0 Å². The third-order valence-corrected chi connectivity index (χ3v) is 3.72. The molecule has 0 aliphatic carbocycles. The number of carbonyl (C=O) groups excluding carboxylic acids is 2. The summed E-state index contributed by atoms with van der Waals surface area (Å²) in [5, 5.41) is 2.68. The number of imide groups is 1. The van der Waals surface area contributed by atoms with Gasteiger partial charge in [0, 0.05) is 32.0 Å². The Morgan fingerprint density at radius 3 is 2.71 bits per heavy atom. The Kier molecular flexibility index (Phi) is 3.16. The molecule has 0 unspecified atom stereocenters. The number of nitrogens with zero attached hydrogens (tertiary/aromatic N) is 2. The maximum Gasteiger partial charge on any atom is 0.328 e.